The monoisotopic (exact) mass is 573 g/mol. The summed E-state index contributed by atoms with van der Waals surface area (Å²) in [6, 6.07) is 8.44. The summed E-state index contributed by atoms with van der Waals surface area (Å²) in [4.78, 5) is 56.4. The first-order valence-electron chi connectivity index (χ1n) is 14.5. The van der Waals surface area contributed by atoms with E-state index in [9.17, 15) is 29.2 Å². The fraction of sp³-hybridized carbons (Fsp3) is 0.448. The van der Waals surface area contributed by atoms with E-state index in [-0.39, 0.29) is 62.1 Å². The van der Waals surface area contributed by atoms with Crippen molar-refractivity contribution in [2.24, 2.45) is 0 Å². The lowest BCUT2D eigenvalue weighted by molar-refractivity contribution is -0.139. The van der Waals surface area contributed by atoms with Gasteiger partial charge in [-0.2, -0.15) is 0 Å². The van der Waals surface area contributed by atoms with Crippen molar-refractivity contribution < 1.29 is 38.5 Å². The fourth-order valence-corrected chi connectivity index (χ4v) is 6.56. The number of piperidine rings is 1. The molecule has 0 bridgehead atoms. The molecule has 0 aliphatic carbocycles. The molecule has 218 valence electrons. The molecule has 13 heteroatoms. The number of likely N-dealkylation sites (tertiary alicyclic amines) is 2. The molecule has 2 saturated heterocycles. The smallest absolute Gasteiger partial charge is 0.423 e. The molecule has 3 amide bonds. The predicted molar refractivity (Wildman–Crippen MR) is 153 cm³/mol. The van der Waals surface area contributed by atoms with Crippen molar-refractivity contribution >= 4 is 48.7 Å². The van der Waals surface area contributed by atoms with Crippen molar-refractivity contribution in [3.63, 3.8) is 0 Å². The van der Waals surface area contributed by atoms with E-state index in [4.69, 9.17) is 9.31 Å². The van der Waals surface area contributed by atoms with Gasteiger partial charge < -0.3 is 34.5 Å². The Morgan fingerprint density at radius 1 is 0.929 bits per heavy atom. The number of hydrogen-bond acceptors (Lipinski definition) is 8. The number of carbonyl (C=O) groups excluding carboxylic acids is 4. The molecule has 2 fully saturated rings. The molecule has 0 spiro atoms. The average molecular weight is 573 g/mol. The molecular formula is C29H33B2N3O8. The van der Waals surface area contributed by atoms with Crippen LogP contribution in [0.5, 0.6) is 0 Å². The zero-order valence-corrected chi connectivity index (χ0v) is 23.5. The summed E-state index contributed by atoms with van der Waals surface area (Å²) in [5, 5.41) is 23.2. The van der Waals surface area contributed by atoms with E-state index < -0.39 is 26.3 Å². The highest BCUT2D eigenvalue weighted by Gasteiger charge is 2.44. The van der Waals surface area contributed by atoms with Crippen LogP contribution in [0.15, 0.2) is 36.4 Å². The van der Waals surface area contributed by atoms with Crippen LogP contribution in [0.3, 0.4) is 0 Å². The summed E-state index contributed by atoms with van der Waals surface area (Å²) in [5.41, 5.74) is 3.33. The minimum absolute atomic E-state index is 0.00739. The van der Waals surface area contributed by atoms with Crippen LogP contribution >= 0.6 is 0 Å². The Bertz CT molecular complexity index is 1440. The number of hydrogen-bond donors (Lipinski definition) is 3. The number of amides is 3. The summed E-state index contributed by atoms with van der Waals surface area (Å²) in [5.74, 6) is -0.987. The van der Waals surface area contributed by atoms with E-state index in [0.717, 1.165) is 30.4 Å². The lowest BCUT2D eigenvalue weighted by Gasteiger charge is -2.38. The molecule has 0 saturated carbocycles. The van der Waals surface area contributed by atoms with Crippen LogP contribution in [-0.4, -0.2) is 88.8 Å². The molecule has 0 aromatic heterocycles. The first kappa shape index (κ1) is 28.6. The second-order valence-electron chi connectivity index (χ2n) is 11.6. The molecule has 4 heterocycles. The van der Waals surface area contributed by atoms with Gasteiger partial charge in [0.15, 0.2) is 0 Å². The third-order valence-electron chi connectivity index (χ3n) is 8.74. The first-order chi connectivity index (χ1) is 20.2. The van der Waals surface area contributed by atoms with Gasteiger partial charge in [-0.1, -0.05) is 12.1 Å². The van der Waals surface area contributed by atoms with Gasteiger partial charge in [0.25, 0.3) is 11.8 Å². The molecule has 3 N–H and O–H groups in total. The van der Waals surface area contributed by atoms with E-state index in [1.807, 2.05) is 0 Å². The lowest BCUT2D eigenvalue weighted by atomic mass is 9.78. The molecular weight excluding hydrogens is 540 g/mol. The van der Waals surface area contributed by atoms with Crippen LogP contribution in [0.1, 0.15) is 70.9 Å². The van der Waals surface area contributed by atoms with Gasteiger partial charge in [0.1, 0.15) is 11.8 Å². The van der Waals surface area contributed by atoms with Gasteiger partial charge in [-0.05, 0) is 78.9 Å². The van der Waals surface area contributed by atoms with E-state index in [1.165, 1.54) is 11.8 Å². The Balaban J connectivity index is 1.25. The van der Waals surface area contributed by atoms with Crippen molar-refractivity contribution in [2.75, 3.05) is 13.1 Å². The highest BCUT2D eigenvalue weighted by atomic mass is 16.5. The number of ketones is 1. The van der Waals surface area contributed by atoms with Crippen LogP contribution in [-0.2, 0) is 32.1 Å². The number of fused-ring (bicyclic) bond motifs is 2. The van der Waals surface area contributed by atoms with Crippen molar-refractivity contribution in [3.05, 3.63) is 58.7 Å². The van der Waals surface area contributed by atoms with Crippen LogP contribution in [0.4, 0.5) is 0 Å². The Labute approximate surface area is 244 Å². The molecule has 0 radical (unpaired) electrons. The average Bonchev–Trinajstić information content (AvgIpc) is 3.69. The predicted octanol–water partition coefficient (Wildman–Crippen LogP) is -0.505. The maximum absolute atomic E-state index is 14.0. The molecule has 3 atom stereocenters. The third kappa shape index (κ3) is 5.49. The van der Waals surface area contributed by atoms with Crippen LogP contribution in [0.2, 0.25) is 0 Å². The Morgan fingerprint density at radius 3 is 2.24 bits per heavy atom. The first-order valence-corrected chi connectivity index (χ1v) is 14.5. The number of carbonyl (C=O) groups is 4. The van der Waals surface area contributed by atoms with E-state index in [2.05, 4.69) is 5.32 Å². The molecule has 4 aliphatic rings. The number of nitrogens with one attached hydrogen (secondary N) is 1. The van der Waals surface area contributed by atoms with E-state index in [1.54, 1.807) is 41.3 Å². The number of benzene rings is 2. The molecule has 4 aliphatic heterocycles. The zero-order valence-electron chi connectivity index (χ0n) is 23.5. The Kier molecular flexibility index (Phi) is 7.93. The van der Waals surface area contributed by atoms with Gasteiger partial charge in [0, 0.05) is 42.7 Å². The highest BCUT2D eigenvalue weighted by molar-refractivity contribution is 6.62. The van der Waals surface area contributed by atoms with Crippen LogP contribution < -0.4 is 16.2 Å². The maximum atomic E-state index is 14.0. The molecule has 0 unspecified atom stereocenters. The van der Waals surface area contributed by atoms with Gasteiger partial charge in [-0.3, -0.25) is 19.2 Å². The van der Waals surface area contributed by atoms with Gasteiger partial charge in [0.05, 0.1) is 13.2 Å². The van der Waals surface area contributed by atoms with E-state index >= 15 is 0 Å². The standard InChI is InChI=1S/C29H33B2N3O8/c1-17(35)10-23-4-2-3-9-33(23)29(38)26-13-22(32-27(36)18-5-7-20-15-41-30(39)24(20)11-18)14-34(26)28(37)19-6-8-21-16-42-31(40)25(21)12-19/h5-8,11-12,22-23,26,39-40H,2-4,9-10,13-16H2,1H3,(H,32,36)/t22-,23+,26+/m1/s1. The van der Waals surface area contributed by atoms with E-state index in [0.29, 0.717) is 28.6 Å². The minimum atomic E-state index is -1.12. The van der Waals surface area contributed by atoms with Crippen molar-refractivity contribution in [2.45, 2.75) is 70.4 Å². The summed E-state index contributed by atoms with van der Waals surface area (Å²) in [6.45, 7) is 2.66. The quantitative estimate of drug-likeness (QED) is 0.393. The molecule has 42 heavy (non-hydrogen) atoms. The number of nitrogens with zero attached hydrogens (tertiary/aromatic N) is 2. The summed E-state index contributed by atoms with van der Waals surface area (Å²) >= 11 is 0. The van der Waals surface area contributed by atoms with Crippen LogP contribution in [0.25, 0.3) is 0 Å². The molecule has 6 rings (SSSR count). The van der Waals surface area contributed by atoms with Crippen molar-refractivity contribution in [3.8, 4) is 0 Å². The topological polar surface area (TPSA) is 146 Å². The third-order valence-corrected chi connectivity index (χ3v) is 8.74. The number of Topliss-reactive ketones (excluding diaryl/α,β-unsaturated/α-hetero) is 1. The molecule has 2 aromatic carbocycles. The normalized spacial score (nSPS) is 23.2. The second-order valence-corrected chi connectivity index (χ2v) is 11.6. The highest BCUT2D eigenvalue weighted by Crippen LogP contribution is 2.28. The number of rotatable bonds is 6. The maximum Gasteiger partial charge on any atom is 0.491 e. The SMILES string of the molecule is CC(=O)C[C@@H]1CCCCN1C(=O)[C@@H]1C[C@@H](NC(=O)c2ccc3c(c2)B(O)OC3)CN1C(=O)c1ccc2c(c1)B(O)OC2. The molecule has 11 nitrogen and oxygen atoms in total. The van der Waals surface area contributed by atoms with Crippen molar-refractivity contribution in [1.82, 2.24) is 15.1 Å². The van der Waals surface area contributed by atoms with Crippen molar-refractivity contribution in [1.29, 1.82) is 0 Å². The van der Waals surface area contributed by atoms with Gasteiger partial charge in [-0.15, -0.1) is 0 Å². The summed E-state index contributed by atoms with van der Waals surface area (Å²) in [7, 11) is -2.20. The largest absolute Gasteiger partial charge is 0.491 e. The lowest BCUT2D eigenvalue weighted by Crippen LogP contribution is -2.53. The summed E-state index contributed by atoms with van der Waals surface area (Å²) in [6.07, 6.45) is 2.95. The van der Waals surface area contributed by atoms with Crippen LogP contribution in [0, 0.1) is 0 Å². The Hall–Kier alpha value is -3.51. The van der Waals surface area contributed by atoms with Gasteiger partial charge in [0.2, 0.25) is 5.91 Å². The molecule has 2 aromatic rings. The minimum Gasteiger partial charge on any atom is -0.423 e. The Morgan fingerprint density at radius 2 is 1.57 bits per heavy atom. The van der Waals surface area contributed by atoms with Gasteiger partial charge >= 0.3 is 14.2 Å². The zero-order chi connectivity index (χ0) is 29.5. The second kappa shape index (κ2) is 11.6. The fourth-order valence-electron chi connectivity index (χ4n) is 6.56. The summed E-state index contributed by atoms with van der Waals surface area (Å²) < 4.78 is 10.5. The van der Waals surface area contributed by atoms with Gasteiger partial charge in [-0.25, -0.2) is 0 Å².